The van der Waals surface area contributed by atoms with E-state index in [-0.39, 0.29) is 23.7 Å². The summed E-state index contributed by atoms with van der Waals surface area (Å²) in [6.45, 7) is 2.73. The molecule has 0 saturated carbocycles. The number of piperidine rings is 2. The van der Waals surface area contributed by atoms with Crippen LogP contribution in [-0.2, 0) is 9.59 Å². The Kier molecular flexibility index (Phi) is 6.34. The molecule has 3 heterocycles. The van der Waals surface area contributed by atoms with Crippen LogP contribution in [0.4, 0.5) is 5.82 Å². The number of hydrogen-bond donors (Lipinski definition) is 1. The third-order valence-corrected chi connectivity index (χ3v) is 6.34. The number of likely N-dealkylation sites (tertiary alicyclic amines) is 1. The number of aromatic nitrogens is 2. The molecule has 2 amide bonds. The second-order valence-electron chi connectivity index (χ2n) is 8.28. The summed E-state index contributed by atoms with van der Waals surface area (Å²) in [7, 11) is 1.64. The van der Waals surface area contributed by atoms with Crippen molar-refractivity contribution < 1.29 is 14.3 Å². The van der Waals surface area contributed by atoms with Crippen LogP contribution in [0.2, 0.25) is 0 Å². The van der Waals surface area contributed by atoms with E-state index in [2.05, 4.69) is 14.9 Å². The van der Waals surface area contributed by atoms with Crippen molar-refractivity contribution in [3.8, 4) is 17.0 Å². The van der Waals surface area contributed by atoms with Gasteiger partial charge in [0.1, 0.15) is 17.9 Å². The minimum atomic E-state index is -0.257. The van der Waals surface area contributed by atoms with Gasteiger partial charge in [-0.05, 0) is 49.9 Å². The normalized spacial score (nSPS) is 19.8. The number of rotatable bonds is 5. The number of primary amides is 1. The van der Waals surface area contributed by atoms with Gasteiger partial charge in [-0.25, -0.2) is 9.97 Å². The van der Waals surface area contributed by atoms with Gasteiger partial charge in [-0.15, -0.1) is 0 Å². The molecule has 2 aromatic rings. The highest BCUT2D eigenvalue weighted by Crippen LogP contribution is 2.28. The van der Waals surface area contributed by atoms with Crippen molar-refractivity contribution in [1.29, 1.82) is 0 Å². The van der Waals surface area contributed by atoms with Crippen LogP contribution < -0.4 is 15.4 Å². The molecular weight excluding hydrogens is 394 g/mol. The number of carbonyl (C=O) groups excluding carboxylic acids is 2. The molecule has 31 heavy (non-hydrogen) atoms. The molecule has 2 aliphatic rings. The average Bonchev–Trinajstić information content (AvgIpc) is 2.84. The van der Waals surface area contributed by atoms with Crippen LogP contribution >= 0.6 is 0 Å². The molecule has 1 aromatic heterocycles. The number of nitrogens with zero attached hydrogens (tertiary/aromatic N) is 4. The Morgan fingerprint density at radius 3 is 2.45 bits per heavy atom. The number of methoxy groups -OCH3 is 1. The van der Waals surface area contributed by atoms with E-state index in [4.69, 9.17) is 10.5 Å². The Morgan fingerprint density at radius 2 is 1.77 bits per heavy atom. The summed E-state index contributed by atoms with van der Waals surface area (Å²) in [5, 5.41) is 0. The summed E-state index contributed by atoms with van der Waals surface area (Å²) < 4.78 is 5.23. The molecule has 0 radical (unpaired) electrons. The third kappa shape index (κ3) is 4.78. The first-order chi connectivity index (χ1) is 15.0. The average molecular weight is 424 g/mol. The van der Waals surface area contributed by atoms with Gasteiger partial charge in [-0.1, -0.05) is 0 Å². The van der Waals surface area contributed by atoms with Crippen LogP contribution in [0.5, 0.6) is 5.75 Å². The van der Waals surface area contributed by atoms with Crippen LogP contribution in [0.25, 0.3) is 11.3 Å². The van der Waals surface area contributed by atoms with E-state index in [0.29, 0.717) is 32.5 Å². The molecule has 0 bridgehead atoms. The summed E-state index contributed by atoms with van der Waals surface area (Å²) in [6.07, 6.45) is 4.72. The predicted molar refractivity (Wildman–Crippen MR) is 117 cm³/mol. The van der Waals surface area contributed by atoms with E-state index in [1.807, 2.05) is 35.2 Å². The Labute approximate surface area is 182 Å². The van der Waals surface area contributed by atoms with E-state index in [1.54, 1.807) is 13.4 Å². The summed E-state index contributed by atoms with van der Waals surface area (Å²) in [4.78, 5) is 37.4. The lowest BCUT2D eigenvalue weighted by atomic mass is 9.92. The number of hydrogen-bond acceptors (Lipinski definition) is 6. The molecule has 8 heteroatoms. The minimum Gasteiger partial charge on any atom is -0.497 e. The SMILES string of the molecule is COc1ccc(-c2cc(N3CCCC(C(=O)N4CCC(C(N)=O)CC4)C3)ncn2)cc1. The van der Waals surface area contributed by atoms with Crippen molar-refractivity contribution in [2.45, 2.75) is 25.7 Å². The first kappa shape index (κ1) is 21.1. The Balaban J connectivity index is 1.42. The smallest absolute Gasteiger partial charge is 0.227 e. The maximum Gasteiger partial charge on any atom is 0.227 e. The number of nitrogens with two attached hydrogens (primary N) is 1. The monoisotopic (exact) mass is 423 g/mol. The van der Waals surface area contributed by atoms with Gasteiger partial charge in [-0.3, -0.25) is 9.59 Å². The zero-order chi connectivity index (χ0) is 21.8. The molecule has 8 nitrogen and oxygen atoms in total. The molecule has 2 N–H and O–H groups in total. The van der Waals surface area contributed by atoms with Gasteiger partial charge in [0.05, 0.1) is 18.7 Å². The predicted octanol–water partition coefficient (Wildman–Crippen LogP) is 2.09. The van der Waals surface area contributed by atoms with Crippen molar-refractivity contribution in [2.75, 3.05) is 38.2 Å². The first-order valence-electron chi connectivity index (χ1n) is 10.8. The number of benzene rings is 1. The lowest BCUT2D eigenvalue weighted by molar-refractivity contribution is -0.138. The van der Waals surface area contributed by atoms with Crippen LogP contribution in [0.1, 0.15) is 25.7 Å². The van der Waals surface area contributed by atoms with Gasteiger partial charge in [0.2, 0.25) is 11.8 Å². The lowest BCUT2D eigenvalue weighted by Gasteiger charge is -2.37. The Morgan fingerprint density at radius 1 is 1.03 bits per heavy atom. The number of amides is 2. The topological polar surface area (TPSA) is 102 Å². The van der Waals surface area contributed by atoms with Crippen molar-refractivity contribution in [2.24, 2.45) is 17.6 Å². The zero-order valence-electron chi connectivity index (χ0n) is 17.9. The third-order valence-electron chi connectivity index (χ3n) is 6.34. The zero-order valence-corrected chi connectivity index (χ0v) is 17.9. The molecular formula is C23H29N5O3. The second-order valence-corrected chi connectivity index (χ2v) is 8.28. The summed E-state index contributed by atoms with van der Waals surface area (Å²) in [6, 6.07) is 9.75. The Bertz CT molecular complexity index is 925. The van der Waals surface area contributed by atoms with Crippen LogP contribution in [0, 0.1) is 11.8 Å². The number of anilines is 1. The maximum atomic E-state index is 13.1. The quantitative estimate of drug-likeness (QED) is 0.790. The van der Waals surface area contributed by atoms with E-state index < -0.39 is 0 Å². The summed E-state index contributed by atoms with van der Waals surface area (Å²) in [5.74, 6) is 1.40. The summed E-state index contributed by atoms with van der Waals surface area (Å²) in [5.41, 5.74) is 7.25. The standard InChI is InChI=1S/C23H29N5O3/c1-31-19-6-4-16(5-7-19)20-13-21(26-15-25-20)28-10-2-3-18(14-28)23(30)27-11-8-17(9-12-27)22(24)29/h4-7,13,15,17-18H,2-3,8-12,14H2,1H3,(H2,24,29). The minimum absolute atomic E-state index is 0.0571. The number of ether oxygens (including phenoxy) is 1. The van der Waals surface area contributed by atoms with Gasteiger partial charge in [0.25, 0.3) is 0 Å². The van der Waals surface area contributed by atoms with Crippen LogP contribution in [0.15, 0.2) is 36.7 Å². The van der Waals surface area contributed by atoms with Gasteiger partial charge in [0.15, 0.2) is 0 Å². The highest BCUT2D eigenvalue weighted by Gasteiger charge is 2.33. The van der Waals surface area contributed by atoms with Crippen molar-refractivity contribution in [1.82, 2.24) is 14.9 Å². The van der Waals surface area contributed by atoms with E-state index in [1.165, 1.54) is 0 Å². The van der Waals surface area contributed by atoms with E-state index >= 15 is 0 Å². The van der Waals surface area contributed by atoms with Gasteiger partial charge >= 0.3 is 0 Å². The number of carbonyl (C=O) groups is 2. The fraction of sp³-hybridized carbons (Fsp3) is 0.478. The van der Waals surface area contributed by atoms with E-state index in [9.17, 15) is 9.59 Å². The van der Waals surface area contributed by atoms with Crippen LogP contribution in [0.3, 0.4) is 0 Å². The fourth-order valence-corrected chi connectivity index (χ4v) is 4.47. The van der Waals surface area contributed by atoms with Crippen molar-refractivity contribution in [3.63, 3.8) is 0 Å². The first-order valence-corrected chi connectivity index (χ1v) is 10.8. The molecule has 0 spiro atoms. The summed E-state index contributed by atoms with van der Waals surface area (Å²) >= 11 is 0. The molecule has 0 aliphatic carbocycles. The molecule has 2 saturated heterocycles. The maximum absolute atomic E-state index is 13.1. The van der Waals surface area contributed by atoms with Crippen LogP contribution in [-0.4, -0.2) is 60.0 Å². The molecule has 1 aromatic carbocycles. The van der Waals surface area contributed by atoms with Gasteiger partial charge in [0, 0.05) is 43.7 Å². The van der Waals surface area contributed by atoms with Gasteiger partial charge in [-0.2, -0.15) is 0 Å². The molecule has 164 valence electrons. The molecule has 4 rings (SSSR count). The largest absolute Gasteiger partial charge is 0.497 e. The fourth-order valence-electron chi connectivity index (χ4n) is 4.47. The van der Waals surface area contributed by atoms with Crippen molar-refractivity contribution >= 4 is 17.6 Å². The molecule has 2 aliphatic heterocycles. The van der Waals surface area contributed by atoms with Gasteiger partial charge < -0.3 is 20.3 Å². The van der Waals surface area contributed by atoms with Crippen molar-refractivity contribution in [3.05, 3.63) is 36.7 Å². The molecule has 1 atom stereocenters. The van der Waals surface area contributed by atoms with E-state index in [0.717, 1.165) is 42.2 Å². The Hall–Kier alpha value is -3.16. The second kappa shape index (κ2) is 9.32. The lowest BCUT2D eigenvalue weighted by Crippen LogP contribution is -2.48. The highest BCUT2D eigenvalue weighted by molar-refractivity contribution is 5.81. The molecule has 1 unspecified atom stereocenters. The highest BCUT2D eigenvalue weighted by atomic mass is 16.5. The molecule has 2 fully saturated rings.